The normalized spacial score (nSPS) is 11.3. The largest absolute Gasteiger partial charge is 0.489 e. The fourth-order valence-electron chi connectivity index (χ4n) is 5.30. The van der Waals surface area contributed by atoms with Crippen molar-refractivity contribution in [3.8, 4) is 22.6 Å². The average molecular weight is 636 g/mol. The van der Waals surface area contributed by atoms with E-state index in [1.165, 1.54) is 0 Å². The number of fused-ring (bicyclic) bond motifs is 1. The fraction of sp³-hybridized carbons (Fsp3) is 0.282. The lowest BCUT2D eigenvalue weighted by molar-refractivity contribution is -0.154. The summed E-state index contributed by atoms with van der Waals surface area (Å²) >= 11 is 0. The van der Waals surface area contributed by atoms with Crippen LogP contribution in [0.4, 0.5) is 0 Å². The summed E-state index contributed by atoms with van der Waals surface area (Å²) in [7, 11) is 0. The molecular formula is C39H41NO7. The van der Waals surface area contributed by atoms with Crippen molar-refractivity contribution in [2.75, 3.05) is 6.61 Å². The average Bonchev–Trinajstić information content (AvgIpc) is 3.46. The Hall–Kier alpha value is -5.08. The van der Waals surface area contributed by atoms with Crippen molar-refractivity contribution in [2.24, 2.45) is 5.73 Å². The number of benzene rings is 4. The minimum atomic E-state index is -0.571. The number of ether oxygens (including phenoxy) is 4. The number of carbonyl (C=O) groups excluding carboxylic acids is 2. The van der Waals surface area contributed by atoms with Gasteiger partial charge < -0.3 is 29.1 Å². The van der Waals surface area contributed by atoms with E-state index in [2.05, 4.69) is 12.1 Å². The number of nitrogens with two attached hydrogens (primary N) is 1. The molecule has 4 aromatic carbocycles. The van der Waals surface area contributed by atoms with Gasteiger partial charge >= 0.3 is 11.9 Å². The van der Waals surface area contributed by atoms with Crippen LogP contribution in [0.3, 0.4) is 0 Å². The minimum Gasteiger partial charge on any atom is -0.489 e. The number of hydrogen-bond donors (Lipinski definition) is 1. The molecule has 1 heterocycles. The van der Waals surface area contributed by atoms with Crippen LogP contribution in [-0.4, -0.2) is 24.1 Å². The molecule has 0 fully saturated rings. The first kappa shape index (κ1) is 33.3. The quantitative estimate of drug-likeness (QED) is 0.131. The minimum absolute atomic E-state index is 0.0987. The molecule has 0 bridgehead atoms. The third kappa shape index (κ3) is 9.01. The van der Waals surface area contributed by atoms with Crippen LogP contribution in [0.5, 0.6) is 11.5 Å². The fourth-order valence-corrected chi connectivity index (χ4v) is 5.30. The Labute approximate surface area is 275 Å². The topological polar surface area (TPSA) is 110 Å². The summed E-state index contributed by atoms with van der Waals surface area (Å²) in [5.41, 5.74) is 11.4. The number of rotatable bonds is 13. The lowest BCUT2D eigenvalue weighted by Crippen LogP contribution is -2.25. The van der Waals surface area contributed by atoms with Gasteiger partial charge in [0.15, 0.2) is 0 Å². The third-order valence-electron chi connectivity index (χ3n) is 7.31. The van der Waals surface area contributed by atoms with Crippen molar-refractivity contribution in [1.29, 1.82) is 0 Å². The van der Waals surface area contributed by atoms with Gasteiger partial charge in [-0.25, -0.2) is 0 Å². The molecule has 0 spiro atoms. The molecule has 0 saturated carbocycles. The Balaban J connectivity index is 1.41. The highest BCUT2D eigenvalue weighted by atomic mass is 16.6. The molecule has 8 heteroatoms. The van der Waals surface area contributed by atoms with Gasteiger partial charge in [-0.15, -0.1) is 0 Å². The zero-order valence-electron chi connectivity index (χ0n) is 27.3. The maximum absolute atomic E-state index is 12.5. The second kappa shape index (κ2) is 15.0. The first-order chi connectivity index (χ1) is 22.6. The summed E-state index contributed by atoms with van der Waals surface area (Å²) in [5, 5.41) is 0.889. The van der Waals surface area contributed by atoms with Gasteiger partial charge in [0.2, 0.25) is 0 Å². The van der Waals surface area contributed by atoms with E-state index in [0.717, 1.165) is 38.8 Å². The first-order valence-corrected chi connectivity index (χ1v) is 15.8. The van der Waals surface area contributed by atoms with Gasteiger partial charge in [-0.2, -0.15) is 0 Å². The lowest BCUT2D eigenvalue weighted by Gasteiger charge is -2.20. The zero-order valence-corrected chi connectivity index (χ0v) is 27.3. The highest BCUT2D eigenvalue weighted by Crippen LogP contribution is 2.34. The van der Waals surface area contributed by atoms with Crippen LogP contribution < -0.4 is 15.2 Å². The Bertz CT molecular complexity index is 1850. The van der Waals surface area contributed by atoms with Gasteiger partial charge in [-0.05, 0) is 80.8 Å². The molecule has 0 saturated heterocycles. The van der Waals surface area contributed by atoms with Crippen LogP contribution >= 0.6 is 0 Å². The second-order valence-electron chi connectivity index (χ2n) is 12.2. The first-order valence-electron chi connectivity index (χ1n) is 15.8. The molecule has 1 aromatic heterocycles. The number of carbonyl (C=O) groups is 2. The van der Waals surface area contributed by atoms with Gasteiger partial charge in [-0.1, -0.05) is 54.6 Å². The maximum atomic E-state index is 12.5. The SMILES string of the molecule is CCOC(=O)Cc1ccccc1OCc1cc(-c2cccc(CN)c2)c2oc(COc3ccccc3CC(=O)OC(C)(C)C)cc2c1. The van der Waals surface area contributed by atoms with Crippen LogP contribution in [0.2, 0.25) is 0 Å². The van der Waals surface area contributed by atoms with Crippen molar-refractivity contribution in [1.82, 2.24) is 0 Å². The molecule has 0 amide bonds. The molecule has 0 aliphatic heterocycles. The highest BCUT2D eigenvalue weighted by Gasteiger charge is 2.19. The molecule has 0 aliphatic rings. The van der Waals surface area contributed by atoms with Crippen molar-refractivity contribution in [3.05, 3.63) is 119 Å². The van der Waals surface area contributed by atoms with Crippen LogP contribution in [0, 0.1) is 0 Å². The van der Waals surface area contributed by atoms with Gasteiger partial charge in [0.1, 0.15) is 41.7 Å². The molecular weight excluding hydrogens is 594 g/mol. The summed E-state index contributed by atoms with van der Waals surface area (Å²) in [6.07, 6.45) is 0.230. The molecule has 8 nitrogen and oxygen atoms in total. The Kier molecular flexibility index (Phi) is 10.6. The van der Waals surface area contributed by atoms with Crippen molar-refractivity contribution < 1.29 is 33.0 Å². The molecule has 5 aromatic rings. The molecule has 2 N–H and O–H groups in total. The van der Waals surface area contributed by atoms with Crippen LogP contribution in [0.1, 0.15) is 55.7 Å². The van der Waals surface area contributed by atoms with E-state index in [0.29, 0.717) is 36.0 Å². The molecule has 5 rings (SSSR count). The van der Waals surface area contributed by atoms with Crippen LogP contribution in [0.25, 0.3) is 22.1 Å². The maximum Gasteiger partial charge on any atom is 0.310 e. The van der Waals surface area contributed by atoms with Crippen LogP contribution in [0.15, 0.2) is 95.4 Å². The van der Waals surface area contributed by atoms with E-state index in [9.17, 15) is 9.59 Å². The molecule has 0 radical (unpaired) electrons. The summed E-state index contributed by atoms with van der Waals surface area (Å²) < 4.78 is 29.5. The molecule has 244 valence electrons. The van der Waals surface area contributed by atoms with E-state index in [4.69, 9.17) is 29.1 Å². The Morgan fingerprint density at radius 3 is 2.06 bits per heavy atom. The summed E-state index contributed by atoms with van der Waals surface area (Å²) in [6, 6.07) is 29.0. The summed E-state index contributed by atoms with van der Waals surface area (Å²) in [5.74, 6) is 1.22. The van der Waals surface area contributed by atoms with E-state index in [1.54, 1.807) is 6.92 Å². The molecule has 0 atom stereocenters. The zero-order chi connectivity index (χ0) is 33.4. The predicted octanol–water partition coefficient (Wildman–Crippen LogP) is 7.71. The van der Waals surface area contributed by atoms with Crippen molar-refractivity contribution in [3.63, 3.8) is 0 Å². The monoisotopic (exact) mass is 635 g/mol. The van der Waals surface area contributed by atoms with Gasteiger partial charge in [0.05, 0.1) is 19.4 Å². The van der Waals surface area contributed by atoms with Crippen LogP contribution in [-0.2, 0) is 51.7 Å². The standard InChI is InChI=1S/C39H41NO7/c1-5-43-36(41)21-29-12-6-8-15-34(29)44-24-27-18-31-20-32(46-38(31)33(19-27)28-14-10-11-26(17-28)23-40)25-45-35-16-9-7-13-30(35)22-37(42)47-39(2,3)4/h6-20H,5,21-25,40H2,1-4H3. The Morgan fingerprint density at radius 1 is 0.745 bits per heavy atom. The number of esters is 2. The van der Waals surface area contributed by atoms with E-state index < -0.39 is 5.60 Å². The van der Waals surface area contributed by atoms with E-state index >= 15 is 0 Å². The van der Waals surface area contributed by atoms with Gasteiger partial charge in [-0.3, -0.25) is 9.59 Å². The van der Waals surface area contributed by atoms with Gasteiger partial charge in [0.25, 0.3) is 0 Å². The summed E-state index contributed by atoms with van der Waals surface area (Å²) in [4.78, 5) is 24.7. The highest BCUT2D eigenvalue weighted by molar-refractivity contribution is 5.93. The number of para-hydroxylation sites is 2. The second-order valence-corrected chi connectivity index (χ2v) is 12.2. The Morgan fingerprint density at radius 2 is 1.40 bits per heavy atom. The third-order valence-corrected chi connectivity index (χ3v) is 7.31. The van der Waals surface area contributed by atoms with Gasteiger partial charge in [0, 0.05) is 28.6 Å². The molecule has 0 unspecified atom stereocenters. The number of hydrogen-bond acceptors (Lipinski definition) is 8. The summed E-state index contributed by atoms with van der Waals surface area (Å²) in [6.45, 7) is 8.50. The van der Waals surface area contributed by atoms with Crippen molar-refractivity contribution >= 4 is 22.9 Å². The van der Waals surface area contributed by atoms with E-state index in [-0.39, 0.29) is 38.0 Å². The number of furan rings is 1. The van der Waals surface area contributed by atoms with Crippen molar-refractivity contribution in [2.45, 2.75) is 65.9 Å². The van der Waals surface area contributed by atoms with E-state index in [1.807, 2.05) is 99.6 Å². The lowest BCUT2D eigenvalue weighted by atomic mass is 9.99. The smallest absolute Gasteiger partial charge is 0.310 e. The molecule has 47 heavy (non-hydrogen) atoms. The predicted molar refractivity (Wildman–Crippen MR) is 181 cm³/mol. The molecule has 0 aliphatic carbocycles.